The van der Waals surface area contributed by atoms with Crippen molar-refractivity contribution in [1.29, 1.82) is 0 Å². The van der Waals surface area contributed by atoms with E-state index in [4.69, 9.17) is 24.1 Å². The van der Waals surface area contributed by atoms with Gasteiger partial charge in [0.15, 0.2) is 0 Å². The fourth-order valence-electron chi connectivity index (χ4n) is 5.98. The zero-order valence-corrected chi connectivity index (χ0v) is 31.2. The molecule has 2 amide bonds. The van der Waals surface area contributed by atoms with Crippen molar-refractivity contribution in [3.8, 4) is 0 Å². The van der Waals surface area contributed by atoms with Gasteiger partial charge >= 0.3 is 17.9 Å². The van der Waals surface area contributed by atoms with E-state index in [0.717, 1.165) is 57.8 Å². The van der Waals surface area contributed by atoms with Crippen LogP contribution in [-0.2, 0) is 42.9 Å². The molecule has 12 heteroatoms. The van der Waals surface area contributed by atoms with Crippen molar-refractivity contribution in [2.75, 3.05) is 40.1 Å². The first-order chi connectivity index (χ1) is 24.2. The van der Waals surface area contributed by atoms with Gasteiger partial charge < -0.3 is 34.7 Å². The average Bonchev–Trinajstić information content (AvgIpc) is 3.85. The monoisotopic (exact) mass is 712 g/mol. The topological polar surface area (TPSA) is 167 Å². The van der Waals surface area contributed by atoms with Crippen LogP contribution >= 0.6 is 0 Å². The van der Waals surface area contributed by atoms with Crippen LogP contribution in [0.25, 0.3) is 0 Å². The summed E-state index contributed by atoms with van der Waals surface area (Å²) in [5, 5.41) is 13.9. The van der Waals surface area contributed by atoms with E-state index in [2.05, 4.69) is 17.6 Å². The second kappa shape index (κ2) is 29.9. The molecular formula is C38H68N2O10. The summed E-state index contributed by atoms with van der Waals surface area (Å²) in [6.07, 6.45) is 24.1. The number of ether oxygens (including phenoxy) is 4. The molecule has 290 valence electrons. The molecule has 12 nitrogen and oxygen atoms in total. The van der Waals surface area contributed by atoms with E-state index in [0.29, 0.717) is 12.8 Å². The Balaban J connectivity index is 1.91. The molecule has 0 aliphatic heterocycles. The number of hydrogen-bond acceptors (Lipinski definition) is 9. The minimum Gasteiger partial charge on any atom is -0.480 e. The first-order valence-electron chi connectivity index (χ1n) is 19.4. The van der Waals surface area contributed by atoms with Crippen LogP contribution < -0.4 is 10.6 Å². The predicted molar refractivity (Wildman–Crippen MR) is 192 cm³/mol. The molecule has 3 N–H and O–H groups in total. The summed E-state index contributed by atoms with van der Waals surface area (Å²) in [6.45, 7) is 2.62. The highest BCUT2D eigenvalue weighted by atomic mass is 16.6. The van der Waals surface area contributed by atoms with E-state index in [1.807, 2.05) is 0 Å². The molecule has 0 aromatic heterocycles. The quantitative estimate of drug-likeness (QED) is 0.0484. The third-order valence-corrected chi connectivity index (χ3v) is 9.03. The zero-order valence-electron chi connectivity index (χ0n) is 31.2. The number of aliphatic carboxylic acids is 1. The highest BCUT2D eigenvalue weighted by Crippen LogP contribution is 2.43. The Hall–Kier alpha value is -2.73. The molecule has 1 fully saturated rings. The second-order valence-electron chi connectivity index (χ2n) is 13.7. The molecule has 50 heavy (non-hydrogen) atoms. The zero-order chi connectivity index (χ0) is 36.7. The van der Waals surface area contributed by atoms with Crippen LogP contribution in [0.5, 0.6) is 0 Å². The number of carbonyl (C=O) groups is 5. The smallest absolute Gasteiger partial charge is 0.329 e. The maximum atomic E-state index is 12.4. The van der Waals surface area contributed by atoms with Crippen LogP contribution in [0.4, 0.5) is 0 Å². The fraction of sp³-hybridized carbons (Fsp3) is 0.868. The highest BCUT2D eigenvalue weighted by Gasteiger charge is 2.45. The van der Waals surface area contributed by atoms with Crippen LogP contribution in [-0.4, -0.2) is 86.6 Å². The van der Waals surface area contributed by atoms with E-state index < -0.39 is 18.0 Å². The lowest BCUT2D eigenvalue weighted by molar-refractivity contribution is -0.152. The van der Waals surface area contributed by atoms with Crippen molar-refractivity contribution in [1.82, 2.24) is 10.6 Å². The Labute approximate surface area is 300 Å². The van der Waals surface area contributed by atoms with Gasteiger partial charge in [0.1, 0.15) is 18.2 Å². The third-order valence-electron chi connectivity index (χ3n) is 9.03. The molecule has 1 aliphatic rings. The Kier molecular flexibility index (Phi) is 27.1. The van der Waals surface area contributed by atoms with Crippen LogP contribution in [0.15, 0.2) is 0 Å². The van der Waals surface area contributed by atoms with E-state index >= 15 is 0 Å². The summed E-state index contributed by atoms with van der Waals surface area (Å²) >= 11 is 0. The molecular weight excluding hydrogens is 644 g/mol. The first-order valence-corrected chi connectivity index (χ1v) is 19.4. The van der Waals surface area contributed by atoms with Gasteiger partial charge in [0, 0.05) is 25.8 Å². The lowest BCUT2D eigenvalue weighted by atomic mass is 10.0. The average molecular weight is 713 g/mol. The van der Waals surface area contributed by atoms with Gasteiger partial charge in [-0.05, 0) is 38.5 Å². The number of hydrogen-bond donors (Lipinski definition) is 3. The van der Waals surface area contributed by atoms with Gasteiger partial charge in [0.05, 0.1) is 26.9 Å². The van der Waals surface area contributed by atoms with Gasteiger partial charge in [-0.2, -0.15) is 0 Å². The Bertz CT molecular complexity index is 941. The van der Waals surface area contributed by atoms with Crippen LogP contribution in [0, 0.1) is 0 Å². The number of carbonyl (C=O) groups excluding carboxylic acids is 4. The van der Waals surface area contributed by atoms with E-state index in [1.54, 1.807) is 0 Å². The minimum atomic E-state index is -1.05. The minimum absolute atomic E-state index is 0.00320. The third kappa shape index (κ3) is 26.1. The number of nitrogens with one attached hydrogen (secondary N) is 2. The van der Waals surface area contributed by atoms with Gasteiger partial charge in [-0.3, -0.25) is 14.4 Å². The van der Waals surface area contributed by atoms with Crippen molar-refractivity contribution in [2.45, 2.75) is 173 Å². The van der Waals surface area contributed by atoms with E-state index in [-0.39, 0.29) is 69.2 Å². The standard InChI is InChI=1S/C38H68N2O10/c1-3-24-38(25-26-38)50-36(45)21-19-17-15-13-11-9-7-5-4-6-8-10-12-14-16-18-20-34(42)40-32(37(46)47-2)22-23-33(41)39-27-28-48-29-30-49-31-35(43)44/h32H,3-31H2,1-2H3,(H,39,41)(H,40,42)(H,43,44)/t32-/m0/s1. The molecule has 0 unspecified atom stereocenters. The Morgan fingerprint density at radius 1 is 0.680 bits per heavy atom. The van der Waals surface area contributed by atoms with E-state index in [1.165, 1.54) is 77.7 Å². The number of rotatable bonds is 35. The largest absolute Gasteiger partial charge is 0.480 e. The summed E-state index contributed by atoms with van der Waals surface area (Å²) < 4.78 is 20.6. The Morgan fingerprint density at radius 3 is 1.70 bits per heavy atom. The highest BCUT2D eigenvalue weighted by molar-refractivity contribution is 5.85. The normalized spacial score (nSPS) is 13.7. The van der Waals surface area contributed by atoms with Crippen LogP contribution in [0.2, 0.25) is 0 Å². The van der Waals surface area contributed by atoms with Gasteiger partial charge in [-0.15, -0.1) is 0 Å². The fourth-order valence-corrected chi connectivity index (χ4v) is 5.98. The van der Waals surface area contributed by atoms with Crippen molar-refractivity contribution in [2.24, 2.45) is 0 Å². The number of carboxylic acid groups (broad SMARTS) is 1. The lowest BCUT2D eigenvalue weighted by Gasteiger charge is -2.16. The number of amides is 2. The number of unbranched alkanes of at least 4 members (excludes halogenated alkanes) is 15. The molecule has 1 rings (SSSR count). The number of carboxylic acids is 1. The van der Waals surface area contributed by atoms with Crippen LogP contribution in [0.3, 0.4) is 0 Å². The summed E-state index contributed by atoms with van der Waals surface area (Å²) in [4.78, 5) is 59.1. The van der Waals surface area contributed by atoms with Gasteiger partial charge in [-0.1, -0.05) is 103 Å². The van der Waals surface area contributed by atoms with Crippen molar-refractivity contribution in [3.05, 3.63) is 0 Å². The molecule has 0 heterocycles. The SMILES string of the molecule is CCCC1(OC(=O)CCCCCCCCCCCCCCCCCCC(=O)N[C@@H](CCC(=O)NCCOCCOCC(=O)O)C(=O)OC)CC1. The molecule has 1 saturated carbocycles. The summed E-state index contributed by atoms with van der Waals surface area (Å²) in [7, 11) is 1.25. The van der Waals surface area contributed by atoms with Crippen molar-refractivity contribution < 1.29 is 48.0 Å². The summed E-state index contributed by atoms with van der Waals surface area (Å²) in [5.41, 5.74) is -0.0912. The molecule has 0 aromatic carbocycles. The number of esters is 2. The molecule has 0 saturated heterocycles. The summed E-state index contributed by atoms with van der Waals surface area (Å²) in [6, 6.07) is -0.875. The van der Waals surface area contributed by atoms with Gasteiger partial charge in [-0.25, -0.2) is 9.59 Å². The van der Waals surface area contributed by atoms with Crippen molar-refractivity contribution >= 4 is 29.7 Å². The lowest BCUT2D eigenvalue weighted by Crippen LogP contribution is -2.42. The Morgan fingerprint density at radius 2 is 1.20 bits per heavy atom. The molecule has 1 aliphatic carbocycles. The molecule has 0 aromatic rings. The molecule has 0 radical (unpaired) electrons. The second-order valence-corrected chi connectivity index (χ2v) is 13.7. The predicted octanol–water partition coefficient (Wildman–Crippen LogP) is 6.56. The molecule has 0 bridgehead atoms. The van der Waals surface area contributed by atoms with Gasteiger partial charge in [0.25, 0.3) is 0 Å². The molecule has 0 spiro atoms. The maximum Gasteiger partial charge on any atom is 0.329 e. The maximum absolute atomic E-state index is 12.4. The van der Waals surface area contributed by atoms with Crippen LogP contribution in [0.1, 0.15) is 161 Å². The van der Waals surface area contributed by atoms with Gasteiger partial charge in [0.2, 0.25) is 11.8 Å². The number of methoxy groups -OCH3 is 1. The first kappa shape index (κ1) is 45.3. The molecule has 1 atom stereocenters. The summed E-state index contributed by atoms with van der Waals surface area (Å²) in [5.74, 6) is -2.11. The van der Waals surface area contributed by atoms with Crippen molar-refractivity contribution in [3.63, 3.8) is 0 Å². The van der Waals surface area contributed by atoms with E-state index in [9.17, 15) is 24.0 Å².